The van der Waals surface area contributed by atoms with Crippen molar-refractivity contribution in [3.05, 3.63) is 40.6 Å². The van der Waals surface area contributed by atoms with Gasteiger partial charge in [-0.05, 0) is 25.1 Å². The summed E-state index contributed by atoms with van der Waals surface area (Å²) in [5.74, 6) is -1.83. The second-order valence-electron chi connectivity index (χ2n) is 5.40. The average Bonchev–Trinajstić information content (AvgIpc) is 2.90. The molecule has 0 radical (unpaired) electrons. The minimum atomic E-state index is -5.06. The predicted molar refractivity (Wildman–Crippen MR) is 91.2 cm³/mol. The number of benzene rings is 1. The Morgan fingerprint density at radius 1 is 1.11 bits per heavy atom. The van der Waals surface area contributed by atoms with Crippen molar-refractivity contribution < 1.29 is 35.9 Å². The normalized spacial score (nSPS) is 12.1. The highest BCUT2D eigenvalue weighted by Crippen LogP contribution is 2.37. The second-order valence-corrected chi connectivity index (χ2v) is 7.64. The van der Waals surface area contributed by atoms with Gasteiger partial charge in [-0.1, -0.05) is 11.3 Å². The summed E-state index contributed by atoms with van der Waals surface area (Å²) >= 11 is 1.95. The van der Waals surface area contributed by atoms with E-state index in [4.69, 9.17) is 5.73 Å². The quantitative estimate of drug-likeness (QED) is 0.533. The van der Waals surface area contributed by atoms with Gasteiger partial charge in [0, 0.05) is 5.56 Å². The lowest BCUT2D eigenvalue weighted by molar-refractivity contribution is -0.143. The molecule has 28 heavy (non-hydrogen) atoms. The van der Waals surface area contributed by atoms with Gasteiger partial charge in [0.2, 0.25) is 5.91 Å². The van der Waals surface area contributed by atoms with Crippen molar-refractivity contribution in [3.8, 4) is 0 Å². The average molecular weight is 443 g/mol. The van der Waals surface area contributed by atoms with Crippen LogP contribution in [0.3, 0.4) is 0 Å². The van der Waals surface area contributed by atoms with Gasteiger partial charge in [0.1, 0.15) is 0 Å². The fourth-order valence-corrected chi connectivity index (χ4v) is 3.83. The predicted octanol–water partition coefficient (Wildman–Crippen LogP) is 4.32. The molecule has 5 nitrogen and oxygen atoms in total. The zero-order valence-corrected chi connectivity index (χ0v) is 15.5. The first-order valence-corrected chi connectivity index (χ1v) is 9.07. The number of nitrogens with zero attached hydrogens (tertiary/aromatic N) is 1. The van der Waals surface area contributed by atoms with Gasteiger partial charge < -0.3 is 5.73 Å². The number of thioether (sulfide) groups is 1. The number of nitrogens with two attached hydrogens (primary N) is 1. The number of anilines is 1. The van der Waals surface area contributed by atoms with E-state index < -0.39 is 40.9 Å². The number of hydrogen-bond acceptors (Lipinski definition) is 5. The van der Waals surface area contributed by atoms with Crippen LogP contribution in [0.25, 0.3) is 0 Å². The van der Waals surface area contributed by atoms with E-state index in [0.29, 0.717) is 22.0 Å². The summed E-state index contributed by atoms with van der Waals surface area (Å²) in [6.45, 7) is 1.56. The van der Waals surface area contributed by atoms with Gasteiger partial charge in [-0.2, -0.15) is 26.3 Å². The number of nitrogens with one attached hydrogen (secondary N) is 1. The molecule has 2 rings (SSSR count). The molecule has 2 aromatic rings. The molecule has 13 heteroatoms. The Balaban J connectivity index is 2.31. The number of aromatic nitrogens is 1. The van der Waals surface area contributed by atoms with Gasteiger partial charge in [-0.15, -0.1) is 11.8 Å². The molecule has 1 aromatic heterocycles. The minimum absolute atomic E-state index is 0.0413. The number of aryl methyl sites for hydroxylation is 1. The number of hydrogen-bond donors (Lipinski definition) is 2. The van der Waals surface area contributed by atoms with Crippen LogP contribution in [0.5, 0.6) is 0 Å². The Morgan fingerprint density at radius 3 is 2.11 bits per heavy atom. The first-order chi connectivity index (χ1) is 12.8. The summed E-state index contributed by atoms with van der Waals surface area (Å²) in [4.78, 5) is 27.0. The molecule has 0 aliphatic heterocycles. The third-order valence-electron chi connectivity index (χ3n) is 3.17. The number of carbonyl (C=O) groups excluding carboxylic acids is 2. The largest absolute Gasteiger partial charge is 0.416 e. The van der Waals surface area contributed by atoms with Crippen molar-refractivity contribution in [1.29, 1.82) is 0 Å². The standard InChI is InChI=1S/C15H11F6N3O2S2/c1-6-12(27-5-10(22)25)28-13(23-6)24-11(26)7-2-8(14(16,17)18)4-9(3-7)15(19,20)21/h2-4H,5H2,1H3,(H2,22,25)(H,23,24,26). The van der Waals surface area contributed by atoms with Crippen LogP contribution in [-0.4, -0.2) is 22.6 Å². The molecule has 0 spiro atoms. The zero-order valence-electron chi connectivity index (χ0n) is 13.9. The Morgan fingerprint density at radius 2 is 1.64 bits per heavy atom. The summed E-state index contributed by atoms with van der Waals surface area (Å²) < 4.78 is 77.8. The molecule has 1 heterocycles. The molecule has 3 N–H and O–H groups in total. The summed E-state index contributed by atoms with van der Waals surface area (Å²) in [7, 11) is 0. The summed E-state index contributed by atoms with van der Waals surface area (Å²) in [5, 5.41) is 2.13. The van der Waals surface area contributed by atoms with E-state index in [1.54, 1.807) is 6.92 Å². The molecule has 0 aliphatic carbocycles. The van der Waals surface area contributed by atoms with Crippen molar-refractivity contribution >= 4 is 40.0 Å². The van der Waals surface area contributed by atoms with Crippen molar-refractivity contribution in [2.45, 2.75) is 23.5 Å². The molecular weight excluding hydrogens is 432 g/mol. The molecule has 2 amide bonds. The molecule has 152 valence electrons. The molecule has 0 bridgehead atoms. The summed E-state index contributed by atoms with van der Waals surface area (Å²) in [6, 6.07) is 0.588. The highest BCUT2D eigenvalue weighted by Gasteiger charge is 2.37. The van der Waals surface area contributed by atoms with Crippen molar-refractivity contribution in [3.63, 3.8) is 0 Å². The molecule has 0 atom stereocenters. The first-order valence-electron chi connectivity index (χ1n) is 7.26. The Hall–Kier alpha value is -2.28. The monoisotopic (exact) mass is 443 g/mol. The smallest absolute Gasteiger partial charge is 0.369 e. The Labute approximate surface area is 162 Å². The maximum Gasteiger partial charge on any atom is 0.416 e. The van der Waals surface area contributed by atoms with E-state index in [0.717, 1.165) is 23.1 Å². The molecule has 0 saturated heterocycles. The van der Waals surface area contributed by atoms with Crippen LogP contribution in [0.15, 0.2) is 22.4 Å². The summed E-state index contributed by atoms with van der Waals surface area (Å²) in [6.07, 6.45) is -10.1. The van der Waals surface area contributed by atoms with Crippen LogP contribution < -0.4 is 11.1 Å². The summed E-state index contributed by atoms with van der Waals surface area (Å²) in [5.41, 5.74) is 1.43. The lowest BCUT2D eigenvalue weighted by Crippen LogP contribution is -2.17. The molecule has 0 saturated carbocycles. The number of thiazole rings is 1. The molecule has 0 unspecified atom stereocenters. The maximum atomic E-state index is 12.9. The lowest BCUT2D eigenvalue weighted by atomic mass is 10.0. The molecule has 0 aliphatic rings. The number of primary amides is 1. The minimum Gasteiger partial charge on any atom is -0.369 e. The van der Waals surface area contributed by atoms with Crippen LogP contribution in [0, 0.1) is 6.92 Å². The number of amides is 2. The van der Waals surface area contributed by atoms with Crippen LogP contribution in [-0.2, 0) is 17.1 Å². The molecular formula is C15H11F6N3O2S2. The van der Waals surface area contributed by atoms with Crippen molar-refractivity contribution in [1.82, 2.24) is 4.98 Å². The molecule has 1 aromatic carbocycles. The van der Waals surface area contributed by atoms with E-state index in [-0.39, 0.29) is 17.0 Å². The van der Waals surface area contributed by atoms with Gasteiger partial charge >= 0.3 is 12.4 Å². The van der Waals surface area contributed by atoms with E-state index >= 15 is 0 Å². The zero-order chi connectivity index (χ0) is 21.3. The van der Waals surface area contributed by atoms with Crippen molar-refractivity contribution in [2.75, 3.05) is 11.1 Å². The van der Waals surface area contributed by atoms with Gasteiger partial charge in [0.15, 0.2) is 5.13 Å². The van der Waals surface area contributed by atoms with E-state index in [2.05, 4.69) is 10.3 Å². The Bertz CT molecular complexity index is 876. The topological polar surface area (TPSA) is 85.1 Å². The third-order valence-corrected chi connectivity index (χ3v) is 5.63. The second kappa shape index (κ2) is 7.99. The maximum absolute atomic E-state index is 12.9. The number of rotatable bonds is 5. The van der Waals surface area contributed by atoms with Gasteiger partial charge in [0.05, 0.1) is 26.8 Å². The third kappa shape index (κ3) is 5.61. The van der Waals surface area contributed by atoms with Crippen molar-refractivity contribution in [2.24, 2.45) is 5.73 Å². The van der Waals surface area contributed by atoms with Gasteiger partial charge in [0.25, 0.3) is 5.91 Å². The highest BCUT2D eigenvalue weighted by molar-refractivity contribution is 8.01. The first kappa shape index (κ1) is 22.0. The van der Waals surface area contributed by atoms with E-state index in [9.17, 15) is 35.9 Å². The van der Waals surface area contributed by atoms with E-state index in [1.807, 2.05) is 0 Å². The fraction of sp³-hybridized carbons (Fsp3) is 0.267. The SMILES string of the molecule is Cc1nc(NC(=O)c2cc(C(F)(F)F)cc(C(F)(F)F)c2)sc1SCC(N)=O. The van der Waals surface area contributed by atoms with Crippen LogP contribution in [0.2, 0.25) is 0 Å². The number of carbonyl (C=O) groups is 2. The van der Waals surface area contributed by atoms with Crippen LogP contribution in [0.4, 0.5) is 31.5 Å². The Kier molecular flexibility index (Phi) is 6.28. The van der Waals surface area contributed by atoms with Gasteiger partial charge in [-0.3, -0.25) is 14.9 Å². The number of halogens is 6. The van der Waals surface area contributed by atoms with E-state index in [1.165, 1.54) is 0 Å². The number of alkyl halides is 6. The molecule has 0 fully saturated rings. The van der Waals surface area contributed by atoms with Gasteiger partial charge in [-0.25, -0.2) is 4.98 Å². The highest BCUT2D eigenvalue weighted by atomic mass is 32.2. The van der Waals surface area contributed by atoms with Crippen LogP contribution in [0.1, 0.15) is 27.2 Å². The lowest BCUT2D eigenvalue weighted by Gasteiger charge is -2.13. The fourth-order valence-electron chi connectivity index (χ4n) is 1.96. The van der Waals surface area contributed by atoms with Crippen LogP contribution >= 0.6 is 23.1 Å².